The average molecular weight is 365 g/mol. The van der Waals surface area contributed by atoms with Gasteiger partial charge in [-0.05, 0) is 49.8 Å². The van der Waals surface area contributed by atoms with Crippen molar-refractivity contribution in [3.8, 4) is 0 Å². The summed E-state index contributed by atoms with van der Waals surface area (Å²) in [6.07, 6.45) is -4.07. The summed E-state index contributed by atoms with van der Waals surface area (Å²) >= 11 is 0. The van der Waals surface area contributed by atoms with Crippen molar-refractivity contribution in [3.05, 3.63) is 29.8 Å². The first-order valence-corrected chi connectivity index (χ1v) is 9.03. The Hall–Kier alpha value is -1.77. The molecule has 1 aliphatic rings. The summed E-state index contributed by atoms with van der Waals surface area (Å²) < 4.78 is 63.4. The standard InChI is InChI=1S/C15H18F3NO4S/c16-15(17,18)11-2-1-3-13(8-11)24(22,23)12-6-4-10(5-7-12)9-19-14(20)21/h1-3,8,10,12,19H,4-7,9H2,(H,20,21). The highest BCUT2D eigenvalue weighted by Gasteiger charge is 2.35. The minimum absolute atomic E-state index is 0.0501. The van der Waals surface area contributed by atoms with Gasteiger partial charge >= 0.3 is 12.3 Å². The molecule has 1 aliphatic carbocycles. The molecule has 5 nitrogen and oxygen atoms in total. The Morgan fingerprint density at radius 2 is 1.83 bits per heavy atom. The Balaban J connectivity index is 2.08. The predicted molar refractivity (Wildman–Crippen MR) is 80.4 cm³/mol. The van der Waals surface area contributed by atoms with Crippen molar-refractivity contribution in [1.82, 2.24) is 5.32 Å². The van der Waals surface area contributed by atoms with Gasteiger partial charge in [0.1, 0.15) is 0 Å². The van der Waals surface area contributed by atoms with Crippen molar-refractivity contribution in [2.24, 2.45) is 5.92 Å². The summed E-state index contributed by atoms with van der Waals surface area (Å²) in [6.45, 7) is 0.256. The van der Waals surface area contributed by atoms with E-state index in [1.807, 2.05) is 0 Å². The van der Waals surface area contributed by atoms with Crippen LogP contribution in [0.4, 0.5) is 18.0 Å². The summed E-state index contributed by atoms with van der Waals surface area (Å²) in [4.78, 5) is 10.1. The fourth-order valence-electron chi connectivity index (χ4n) is 2.92. The quantitative estimate of drug-likeness (QED) is 0.858. The molecule has 1 fully saturated rings. The third kappa shape index (κ3) is 4.40. The molecule has 0 saturated heterocycles. The Morgan fingerprint density at radius 3 is 2.38 bits per heavy atom. The number of amides is 1. The molecule has 1 aromatic rings. The maximum absolute atomic E-state index is 12.7. The van der Waals surface area contributed by atoms with Crippen LogP contribution in [0.1, 0.15) is 31.2 Å². The topological polar surface area (TPSA) is 83.5 Å². The van der Waals surface area contributed by atoms with Gasteiger partial charge in [0, 0.05) is 6.54 Å². The summed E-state index contributed by atoms with van der Waals surface area (Å²) in [5.74, 6) is 0.0501. The second-order valence-corrected chi connectivity index (χ2v) is 8.13. The highest BCUT2D eigenvalue weighted by Crippen LogP contribution is 2.34. The molecule has 2 rings (SSSR count). The van der Waals surface area contributed by atoms with Gasteiger partial charge in [-0.25, -0.2) is 13.2 Å². The molecule has 2 N–H and O–H groups in total. The summed E-state index contributed by atoms with van der Waals surface area (Å²) in [7, 11) is -3.84. The molecule has 9 heteroatoms. The van der Waals surface area contributed by atoms with Crippen LogP contribution in [0.25, 0.3) is 0 Å². The van der Waals surface area contributed by atoms with E-state index in [2.05, 4.69) is 5.32 Å². The zero-order valence-corrected chi connectivity index (χ0v) is 13.5. The second kappa shape index (κ2) is 7.00. The fraction of sp³-hybridized carbons (Fsp3) is 0.533. The van der Waals surface area contributed by atoms with Gasteiger partial charge in [0.15, 0.2) is 9.84 Å². The molecule has 0 unspecified atom stereocenters. The van der Waals surface area contributed by atoms with Crippen molar-refractivity contribution in [3.63, 3.8) is 0 Å². The zero-order valence-electron chi connectivity index (χ0n) is 12.7. The van der Waals surface area contributed by atoms with E-state index in [0.29, 0.717) is 31.7 Å². The van der Waals surface area contributed by atoms with Crippen LogP contribution in [0.2, 0.25) is 0 Å². The summed E-state index contributed by atoms with van der Waals surface area (Å²) in [5.41, 5.74) is -0.983. The molecule has 0 atom stereocenters. The molecule has 1 aromatic carbocycles. The lowest BCUT2D eigenvalue weighted by Crippen LogP contribution is -2.33. The van der Waals surface area contributed by atoms with Crippen molar-refractivity contribution in [2.45, 2.75) is 42.0 Å². The van der Waals surface area contributed by atoms with Gasteiger partial charge in [0.25, 0.3) is 0 Å². The molecule has 0 aliphatic heterocycles. The van der Waals surface area contributed by atoms with Gasteiger partial charge in [-0.15, -0.1) is 0 Å². The highest BCUT2D eigenvalue weighted by molar-refractivity contribution is 7.92. The number of alkyl halides is 3. The normalized spacial score (nSPS) is 22.1. The highest BCUT2D eigenvalue weighted by atomic mass is 32.2. The van der Waals surface area contributed by atoms with Gasteiger partial charge in [-0.2, -0.15) is 13.2 Å². The Labute approximate surface area is 137 Å². The van der Waals surface area contributed by atoms with Crippen LogP contribution in [0.5, 0.6) is 0 Å². The van der Waals surface area contributed by atoms with Crippen LogP contribution in [0, 0.1) is 5.92 Å². The summed E-state index contributed by atoms with van der Waals surface area (Å²) in [5, 5.41) is 10.1. The Bertz CT molecular complexity index is 695. The molecule has 24 heavy (non-hydrogen) atoms. The third-order valence-electron chi connectivity index (χ3n) is 4.26. The molecular formula is C15H18F3NO4S. The first-order chi connectivity index (χ1) is 11.1. The van der Waals surface area contributed by atoms with Crippen LogP contribution in [0.3, 0.4) is 0 Å². The van der Waals surface area contributed by atoms with Gasteiger partial charge in [0.2, 0.25) is 0 Å². The first kappa shape index (κ1) is 18.6. The largest absolute Gasteiger partial charge is 0.465 e. The van der Waals surface area contributed by atoms with Crippen molar-refractivity contribution < 1.29 is 31.5 Å². The minimum atomic E-state index is -4.59. The lowest BCUT2D eigenvalue weighted by Gasteiger charge is -2.28. The van der Waals surface area contributed by atoms with Crippen LogP contribution in [-0.4, -0.2) is 31.4 Å². The van der Waals surface area contributed by atoms with E-state index < -0.39 is 32.9 Å². The number of benzene rings is 1. The number of carbonyl (C=O) groups is 1. The van der Waals surface area contributed by atoms with Crippen LogP contribution < -0.4 is 5.32 Å². The first-order valence-electron chi connectivity index (χ1n) is 7.48. The Morgan fingerprint density at radius 1 is 1.21 bits per heavy atom. The van der Waals surface area contributed by atoms with E-state index in [9.17, 15) is 26.4 Å². The summed E-state index contributed by atoms with van der Waals surface area (Å²) in [6, 6.07) is 3.79. The second-order valence-electron chi connectivity index (χ2n) is 5.90. The minimum Gasteiger partial charge on any atom is -0.465 e. The predicted octanol–water partition coefficient (Wildman–Crippen LogP) is 3.31. The number of hydrogen-bond acceptors (Lipinski definition) is 3. The smallest absolute Gasteiger partial charge is 0.416 e. The van der Waals surface area contributed by atoms with Gasteiger partial charge < -0.3 is 10.4 Å². The van der Waals surface area contributed by atoms with E-state index >= 15 is 0 Å². The third-order valence-corrected chi connectivity index (χ3v) is 6.52. The van der Waals surface area contributed by atoms with Crippen molar-refractivity contribution in [1.29, 1.82) is 0 Å². The number of halogens is 3. The van der Waals surface area contributed by atoms with Gasteiger partial charge in [-0.3, -0.25) is 0 Å². The number of rotatable bonds is 4. The van der Waals surface area contributed by atoms with Crippen LogP contribution in [0.15, 0.2) is 29.2 Å². The molecule has 1 amide bonds. The molecule has 0 spiro atoms. The van der Waals surface area contributed by atoms with Crippen LogP contribution >= 0.6 is 0 Å². The van der Waals surface area contributed by atoms with Gasteiger partial charge in [-0.1, -0.05) is 6.07 Å². The number of sulfone groups is 1. The lowest BCUT2D eigenvalue weighted by molar-refractivity contribution is -0.137. The number of hydrogen-bond donors (Lipinski definition) is 2. The van der Waals surface area contributed by atoms with Crippen LogP contribution in [-0.2, 0) is 16.0 Å². The van der Waals surface area contributed by atoms with E-state index in [0.717, 1.165) is 12.1 Å². The maximum Gasteiger partial charge on any atom is 0.416 e. The molecule has 134 valence electrons. The van der Waals surface area contributed by atoms with Crippen molar-refractivity contribution in [2.75, 3.05) is 6.54 Å². The average Bonchev–Trinajstić information content (AvgIpc) is 2.52. The SMILES string of the molecule is O=C(O)NCC1CCC(S(=O)(=O)c2cccc(C(F)(F)F)c2)CC1. The van der Waals surface area contributed by atoms with E-state index in [-0.39, 0.29) is 17.4 Å². The monoisotopic (exact) mass is 365 g/mol. The molecular weight excluding hydrogens is 347 g/mol. The lowest BCUT2D eigenvalue weighted by atomic mass is 9.89. The fourth-order valence-corrected chi connectivity index (χ4v) is 4.76. The zero-order chi connectivity index (χ0) is 18.0. The molecule has 0 radical (unpaired) electrons. The molecule has 0 heterocycles. The molecule has 1 saturated carbocycles. The number of carboxylic acid groups (broad SMARTS) is 1. The van der Waals surface area contributed by atoms with E-state index in [4.69, 9.17) is 5.11 Å². The van der Waals surface area contributed by atoms with E-state index in [1.54, 1.807) is 0 Å². The van der Waals surface area contributed by atoms with E-state index in [1.165, 1.54) is 6.07 Å². The van der Waals surface area contributed by atoms with Crippen molar-refractivity contribution >= 4 is 15.9 Å². The van der Waals surface area contributed by atoms with Gasteiger partial charge in [0.05, 0.1) is 15.7 Å². The number of nitrogens with one attached hydrogen (secondary N) is 1. The molecule has 0 bridgehead atoms. The maximum atomic E-state index is 12.7. The molecule has 0 aromatic heterocycles. The Kier molecular flexibility index (Phi) is 5.42.